The van der Waals surface area contributed by atoms with Gasteiger partial charge in [0.1, 0.15) is 0 Å². The van der Waals surface area contributed by atoms with Crippen molar-refractivity contribution in [1.29, 1.82) is 0 Å². The predicted octanol–water partition coefficient (Wildman–Crippen LogP) is 1.07. The average molecular weight is 361 g/mol. The van der Waals surface area contributed by atoms with Crippen LogP contribution in [0.5, 0.6) is 0 Å². The first-order valence-corrected chi connectivity index (χ1v) is 9.50. The molecule has 2 heterocycles. The van der Waals surface area contributed by atoms with Crippen molar-refractivity contribution in [3.8, 4) is 0 Å². The van der Waals surface area contributed by atoms with Crippen molar-refractivity contribution in [2.24, 2.45) is 5.92 Å². The summed E-state index contributed by atoms with van der Waals surface area (Å²) in [4.78, 5) is 26.7. The van der Waals surface area contributed by atoms with Crippen LogP contribution >= 0.6 is 11.3 Å². The van der Waals surface area contributed by atoms with Gasteiger partial charge in [-0.1, -0.05) is 11.3 Å². The van der Waals surface area contributed by atoms with Gasteiger partial charge >= 0.3 is 5.97 Å². The second-order valence-electron chi connectivity index (χ2n) is 5.12. The Hall–Kier alpha value is -1.52. The van der Waals surface area contributed by atoms with Crippen LogP contribution in [-0.2, 0) is 24.3 Å². The Balaban J connectivity index is 2.13. The molecule has 1 N–H and O–H groups in total. The van der Waals surface area contributed by atoms with Gasteiger partial charge in [0.15, 0.2) is 9.34 Å². The van der Waals surface area contributed by atoms with Crippen LogP contribution in [0.25, 0.3) is 0 Å². The van der Waals surface area contributed by atoms with Crippen LogP contribution in [-0.4, -0.2) is 49.3 Å². The third-order valence-corrected chi connectivity index (χ3v) is 6.58. The molecule has 1 aliphatic heterocycles. The van der Waals surface area contributed by atoms with E-state index < -0.39 is 15.9 Å². The fraction of sp³-hybridized carbons (Fsp3) is 0.615. The van der Waals surface area contributed by atoms with E-state index in [2.05, 4.69) is 10.3 Å². The quantitative estimate of drug-likeness (QED) is 0.786. The monoisotopic (exact) mass is 361 g/mol. The lowest BCUT2D eigenvalue weighted by Gasteiger charge is -2.30. The van der Waals surface area contributed by atoms with Gasteiger partial charge in [-0.2, -0.15) is 4.31 Å². The van der Waals surface area contributed by atoms with E-state index in [9.17, 15) is 18.0 Å². The number of nitrogens with zero attached hydrogens (tertiary/aromatic N) is 2. The highest BCUT2D eigenvalue weighted by Crippen LogP contribution is 2.29. The molecule has 0 aliphatic carbocycles. The van der Waals surface area contributed by atoms with Crippen molar-refractivity contribution in [3.05, 3.63) is 6.20 Å². The number of rotatable bonds is 5. The summed E-state index contributed by atoms with van der Waals surface area (Å²) in [7, 11) is -3.73. The van der Waals surface area contributed by atoms with E-state index in [1.165, 1.54) is 17.4 Å². The van der Waals surface area contributed by atoms with Gasteiger partial charge in [-0.05, 0) is 19.8 Å². The Morgan fingerprint density at radius 1 is 1.52 bits per heavy atom. The van der Waals surface area contributed by atoms with Crippen molar-refractivity contribution >= 4 is 38.4 Å². The first-order valence-electron chi connectivity index (χ1n) is 7.24. The number of thiazole rings is 1. The number of nitrogens with one attached hydrogen (secondary N) is 1. The summed E-state index contributed by atoms with van der Waals surface area (Å²) in [5.41, 5.74) is 0. The number of piperidine rings is 1. The molecule has 128 valence electrons. The topological polar surface area (TPSA) is 106 Å². The number of sulfonamides is 1. The first-order chi connectivity index (χ1) is 10.8. The molecule has 1 saturated heterocycles. The fourth-order valence-corrected chi connectivity index (χ4v) is 5.08. The van der Waals surface area contributed by atoms with Gasteiger partial charge in [-0.3, -0.25) is 9.59 Å². The Kier molecular flexibility index (Phi) is 5.71. The van der Waals surface area contributed by atoms with E-state index in [1.807, 2.05) is 0 Å². The van der Waals surface area contributed by atoms with Crippen LogP contribution in [0, 0.1) is 5.92 Å². The maximum Gasteiger partial charge on any atom is 0.310 e. The van der Waals surface area contributed by atoms with Crippen LogP contribution < -0.4 is 5.32 Å². The van der Waals surface area contributed by atoms with Gasteiger partial charge in [0, 0.05) is 20.0 Å². The Labute approximate surface area is 138 Å². The lowest BCUT2D eigenvalue weighted by molar-refractivity contribution is -0.149. The Bertz CT molecular complexity index is 686. The zero-order valence-corrected chi connectivity index (χ0v) is 14.6. The number of carbonyl (C=O) groups excluding carboxylic acids is 2. The van der Waals surface area contributed by atoms with E-state index in [0.717, 1.165) is 11.3 Å². The van der Waals surface area contributed by atoms with Crippen molar-refractivity contribution in [2.75, 3.05) is 25.0 Å². The Morgan fingerprint density at radius 2 is 2.26 bits per heavy atom. The fourth-order valence-electron chi connectivity index (χ4n) is 2.33. The Morgan fingerprint density at radius 3 is 2.91 bits per heavy atom. The van der Waals surface area contributed by atoms with Crippen molar-refractivity contribution in [2.45, 2.75) is 30.9 Å². The van der Waals surface area contributed by atoms with Gasteiger partial charge in [-0.25, -0.2) is 13.4 Å². The summed E-state index contributed by atoms with van der Waals surface area (Å²) in [6, 6.07) is 0. The molecule has 0 spiro atoms. The predicted molar refractivity (Wildman–Crippen MR) is 84.5 cm³/mol. The number of esters is 1. The molecule has 1 amide bonds. The summed E-state index contributed by atoms with van der Waals surface area (Å²) in [6.45, 7) is 3.78. The summed E-state index contributed by atoms with van der Waals surface area (Å²) in [5, 5.41) is 2.69. The lowest BCUT2D eigenvalue weighted by atomic mass is 10.0. The van der Waals surface area contributed by atoms with Crippen LogP contribution in [0.3, 0.4) is 0 Å². The molecule has 8 nitrogen and oxygen atoms in total. The molecule has 1 fully saturated rings. The standard InChI is InChI=1S/C13H19N3O5S2/c1-3-21-12(18)10-5-4-6-16(8-10)23(19,20)11-7-14-13(22-11)15-9(2)17/h7,10H,3-6,8H2,1-2H3,(H,14,15,17). The average Bonchev–Trinajstić information content (AvgIpc) is 2.96. The van der Waals surface area contributed by atoms with Gasteiger partial charge in [-0.15, -0.1) is 0 Å². The van der Waals surface area contributed by atoms with Crippen LogP contribution in [0.2, 0.25) is 0 Å². The molecule has 1 aromatic rings. The summed E-state index contributed by atoms with van der Waals surface area (Å²) in [6.07, 6.45) is 2.43. The van der Waals surface area contributed by atoms with E-state index in [0.29, 0.717) is 19.4 Å². The molecule has 23 heavy (non-hydrogen) atoms. The molecule has 1 aliphatic rings. The molecule has 1 unspecified atom stereocenters. The minimum absolute atomic E-state index is 0.0470. The number of hydrogen-bond donors (Lipinski definition) is 1. The maximum absolute atomic E-state index is 12.6. The normalized spacial score (nSPS) is 19.3. The zero-order chi connectivity index (χ0) is 17.0. The van der Waals surface area contributed by atoms with E-state index in [-0.39, 0.29) is 34.4 Å². The minimum Gasteiger partial charge on any atom is -0.466 e. The summed E-state index contributed by atoms with van der Waals surface area (Å²) in [5.74, 6) is -1.12. The maximum atomic E-state index is 12.6. The molecule has 1 atom stereocenters. The number of hydrogen-bond acceptors (Lipinski definition) is 7. The van der Waals surface area contributed by atoms with Crippen molar-refractivity contribution in [1.82, 2.24) is 9.29 Å². The third kappa shape index (κ3) is 4.27. The molecule has 10 heteroatoms. The number of carbonyl (C=O) groups is 2. The molecule has 0 saturated carbocycles. The van der Waals surface area contributed by atoms with E-state index in [4.69, 9.17) is 4.74 Å². The van der Waals surface area contributed by atoms with Gasteiger partial charge in [0.25, 0.3) is 10.0 Å². The molecule has 1 aromatic heterocycles. The highest BCUT2D eigenvalue weighted by Gasteiger charge is 2.35. The van der Waals surface area contributed by atoms with E-state index >= 15 is 0 Å². The minimum atomic E-state index is -3.73. The lowest BCUT2D eigenvalue weighted by Crippen LogP contribution is -2.42. The molecular formula is C13H19N3O5S2. The zero-order valence-electron chi connectivity index (χ0n) is 12.9. The summed E-state index contributed by atoms with van der Waals surface area (Å²) >= 11 is 0.893. The SMILES string of the molecule is CCOC(=O)C1CCCN(S(=O)(=O)c2cnc(NC(C)=O)s2)C1. The van der Waals surface area contributed by atoms with Crippen molar-refractivity contribution < 1.29 is 22.7 Å². The van der Waals surface area contributed by atoms with Crippen LogP contribution in [0.4, 0.5) is 5.13 Å². The second-order valence-corrected chi connectivity index (χ2v) is 8.32. The molecular weight excluding hydrogens is 342 g/mol. The number of ether oxygens (including phenoxy) is 1. The number of aromatic nitrogens is 1. The number of anilines is 1. The molecule has 0 aromatic carbocycles. The highest BCUT2D eigenvalue weighted by molar-refractivity contribution is 7.91. The molecule has 0 radical (unpaired) electrons. The largest absolute Gasteiger partial charge is 0.466 e. The van der Waals surface area contributed by atoms with Crippen LogP contribution in [0.15, 0.2) is 10.4 Å². The number of amides is 1. The van der Waals surface area contributed by atoms with Crippen molar-refractivity contribution in [3.63, 3.8) is 0 Å². The highest BCUT2D eigenvalue weighted by atomic mass is 32.2. The van der Waals surface area contributed by atoms with Crippen LogP contribution in [0.1, 0.15) is 26.7 Å². The second kappa shape index (κ2) is 7.37. The first kappa shape index (κ1) is 17.8. The van der Waals surface area contributed by atoms with E-state index in [1.54, 1.807) is 6.92 Å². The summed E-state index contributed by atoms with van der Waals surface area (Å²) < 4.78 is 31.6. The van der Waals surface area contributed by atoms with Gasteiger partial charge in [0.05, 0.1) is 18.7 Å². The third-order valence-electron chi connectivity index (χ3n) is 3.37. The van der Waals surface area contributed by atoms with Gasteiger partial charge in [0.2, 0.25) is 5.91 Å². The van der Waals surface area contributed by atoms with Gasteiger partial charge < -0.3 is 10.1 Å². The molecule has 2 rings (SSSR count). The smallest absolute Gasteiger partial charge is 0.310 e. The molecule has 0 bridgehead atoms.